The van der Waals surface area contributed by atoms with Gasteiger partial charge in [-0.05, 0) is 55.6 Å². The molecule has 0 saturated heterocycles. The Kier molecular flexibility index (Phi) is 6.28. The molecule has 4 rings (SSSR count). The minimum atomic E-state index is -0.611. The standard InChI is InChI=1S/C27H37NO4/c1-5-32-26-24(30)20(23(29)25(26)31)15-17-16-22(27(2,3)4)28(18-11-7-6-8-12-18)21-14-10-9-13-19(17)21/h9-10,13-14,17-18,22,30H,5-8,11-12,15-16H2,1-4H3,(H,29,31). The number of nitrogens with zero attached hydrogens (tertiary/aromatic N) is 1. The van der Waals surface area contributed by atoms with Crippen molar-refractivity contribution in [3.8, 4) is 0 Å². The van der Waals surface area contributed by atoms with Gasteiger partial charge in [-0.25, -0.2) is 0 Å². The van der Waals surface area contributed by atoms with E-state index >= 15 is 0 Å². The molecule has 1 fully saturated rings. The molecule has 0 amide bonds. The van der Waals surface area contributed by atoms with Gasteiger partial charge in [-0.15, -0.1) is 0 Å². The molecule has 2 aliphatic carbocycles. The molecule has 32 heavy (non-hydrogen) atoms. The van der Waals surface area contributed by atoms with Gasteiger partial charge in [-0.3, -0.25) is 4.79 Å². The zero-order chi connectivity index (χ0) is 23.0. The predicted molar refractivity (Wildman–Crippen MR) is 127 cm³/mol. The number of benzene rings is 1. The van der Waals surface area contributed by atoms with Crippen LogP contribution in [0, 0.1) is 5.41 Å². The molecule has 0 aromatic heterocycles. The van der Waals surface area contributed by atoms with E-state index in [1.165, 1.54) is 43.4 Å². The molecule has 0 spiro atoms. The first-order valence-electron chi connectivity index (χ1n) is 12.1. The highest BCUT2D eigenvalue weighted by Gasteiger charge is 2.43. The number of ether oxygens (including phenoxy) is 1. The molecular formula is C27H37NO4. The number of carbonyl (C=O) groups is 1. The molecule has 1 aliphatic heterocycles. The number of aliphatic hydroxyl groups is 2. The third kappa shape index (κ3) is 4.02. The second kappa shape index (κ2) is 8.84. The van der Waals surface area contributed by atoms with Crippen molar-refractivity contribution >= 4 is 11.5 Å². The van der Waals surface area contributed by atoms with Crippen LogP contribution in [-0.2, 0) is 9.53 Å². The van der Waals surface area contributed by atoms with Crippen molar-refractivity contribution in [3.63, 3.8) is 0 Å². The van der Waals surface area contributed by atoms with Crippen molar-refractivity contribution in [3.05, 3.63) is 52.7 Å². The number of allylic oxidation sites excluding steroid dienone is 1. The lowest BCUT2D eigenvalue weighted by Gasteiger charge is -2.52. The van der Waals surface area contributed by atoms with Crippen LogP contribution < -0.4 is 4.90 Å². The van der Waals surface area contributed by atoms with Crippen LogP contribution >= 0.6 is 0 Å². The summed E-state index contributed by atoms with van der Waals surface area (Å²) in [4.78, 5) is 15.1. The number of Topliss-reactive ketones (excluding diaryl/α,β-unsaturated/α-hetero) is 1. The molecule has 174 valence electrons. The van der Waals surface area contributed by atoms with Gasteiger partial charge in [-0.2, -0.15) is 0 Å². The zero-order valence-electron chi connectivity index (χ0n) is 19.9. The Morgan fingerprint density at radius 1 is 1.06 bits per heavy atom. The van der Waals surface area contributed by atoms with Crippen LogP contribution in [0.2, 0.25) is 0 Å². The number of carbonyl (C=O) groups excluding carboxylic acids is 1. The molecule has 5 heteroatoms. The van der Waals surface area contributed by atoms with Gasteiger partial charge in [0.25, 0.3) is 5.78 Å². The maximum atomic E-state index is 12.4. The van der Waals surface area contributed by atoms with Crippen LogP contribution in [0.5, 0.6) is 0 Å². The minimum Gasteiger partial charge on any atom is -0.504 e. The predicted octanol–water partition coefficient (Wildman–Crippen LogP) is 6.32. The number of aliphatic hydroxyl groups excluding tert-OH is 2. The number of fused-ring (bicyclic) bond motifs is 1. The van der Waals surface area contributed by atoms with Gasteiger partial charge < -0.3 is 19.8 Å². The monoisotopic (exact) mass is 439 g/mol. The van der Waals surface area contributed by atoms with Gasteiger partial charge in [0.2, 0.25) is 5.76 Å². The van der Waals surface area contributed by atoms with Gasteiger partial charge in [0.05, 0.1) is 6.61 Å². The lowest BCUT2D eigenvalue weighted by Crippen LogP contribution is -2.53. The topological polar surface area (TPSA) is 70.0 Å². The molecule has 1 heterocycles. The normalized spacial score (nSPS) is 24.9. The molecule has 2 N–H and O–H groups in total. The quantitative estimate of drug-likeness (QED) is 0.562. The zero-order valence-corrected chi connectivity index (χ0v) is 19.9. The summed E-state index contributed by atoms with van der Waals surface area (Å²) in [7, 11) is 0. The number of rotatable bonds is 5. The molecule has 2 unspecified atom stereocenters. The SMILES string of the molecule is CCOC1=C(O)C(CC2CC(C(C)(C)C)N(C3CCCCC3)c3ccccc32)=C(O)C1=O. The van der Waals surface area contributed by atoms with Crippen LogP contribution in [0.15, 0.2) is 47.1 Å². The Morgan fingerprint density at radius 3 is 2.41 bits per heavy atom. The van der Waals surface area contributed by atoms with E-state index in [-0.39, 0.29) is 35.2 Å². The highest BCUT2D eigenvalue weighted by Crippen LogP contribution is 2.49. The summed E-state index contributed by atoms with van der Waals surface area (Å²) >= 11 is 0. The summed E-state index contributed by atoms with van der Waals surface area (Å²) in [6.07, 6.45) is 7.68. The molecule has 1 aromatic carbocycles. The Bertz CT molecular complexity index is 933. The average Bonchev–Trinajstić information content (AvgIpc) is 2.97. The van der Waals surface area contributed by atoms with Gasteiger partial charge in [0, 0.05) is 23.3 Å². The van der Waals surface area contributed by atoms with Crippen molar-refractivity contribution < 1.29 is 19.7 Å². The summed E-state index contributed by atoms with van der Waals surface area (Å²) in [5.41, 5.74) is 2.90. The number of anilines is 1. The molecule has 1 aromatic rings. The number of hydrogen-bond donors (Lipinski definition) is 2. The summed E-state index contributed by atoms with van der Waals surface area (Å²) in [5.74, 6) is -1.21. The fourth-order valence-corrected chi connectivity index (χ4v) is 5.84. The van der Waals surface area contributed by atoms with Crippen LogP contribution in [0.25, 0.3) is 0 Å². The first-order valence-corrected chi connectivity index (χ1v) is 12.1. The molecule has 0 radical (unpaired) electrons. The summed E-state index contributed by atoms with van der Waals surface area (Å²) in [5, 5.41) is 21.2. The lowest BCUT2D eigenvalue weighted by molar-refractivity contribution is -0.117. The molecule has 5 nitrogen and oxygen atoms in total. The third-order valence-corrected chi connectivity index (χ3v) is 7.41. The minimum absolute atomic E-state index is 0.0690. The summed E-state index contributed by atoms with van der Waals surface area (Å²) in [6, 6.07) is 9.46. The van der Waals surface area contributed by atoms with Gasteiger partial charge >= 0.3 is 0 Å². The maximum absolute atomic E-state index is 12.4. The van der Waals surface area contributed by atoms with E-state index in [9.17, 15) is 15.0 Å². The van der Waals surface area contributed by atoms with E-state index in [0.717, 1.165) is 6.42 Å². The second-order valence-corrected chi connectivity index (χ2v) is 10.5. The van der Waals surface area contributed by atoms with Crippen LogP contribution in [0.1, 0.15) is 84.1 Å². The first kappa shape index (κ1) is 22.8. The second-order valence-electron chi connectivity index (χ2n) is 10.5. The highest BCUT2D eigenvalue weighted by molar-refractivity contribution is 6.09. The van der Waals surface area contributed by atoms with Gasteiger partial charge in [0.15, 0.2) is 11.5 Å². The number of ketones is 1. The van der Waals surface area contributed by atoms with E-state index in [1.54, 1.807) is 6.92 Å². The van der Waals surface area contributed by atoms with Crippen molar-refractivity contribution in [2.45, 2.75) is 90.6 Å². The van der Waals surface area contributed by atoms with E-state index in [1.807, 2.05) is 0 Å². The Labute approximate surface area is 191 Å². The molecular weight excluding hydrogens is 402 g/mol. The summed E-state index contributed by atoms with van der Waals surface area (Å²) < 4.78 is 5.33. The van der Waals surface area contributed by atoms with E-state index in [4.69, 9.17) is 4.74 Å². The van der Waals surface area contributed by atoms with Crippen molar-refractivity contribution in [1.29, 1.82) is 0 Å². The van der Waals surface area contributed by atoms with Crippen molar-refractivity contribution in [1.82, 2.24) is 0 Å². The van der Waals surface area contributed by atoms with Crippen molar-refractivity contribution in [2.75, 3.05) is 11.5 Å². The Morgan fingerprint density at radius 2 is 1.75 bits per heavy atom. The van der Waals surface area contributed by atoms with Crippen LogP contribution in [0.4, 0.5) is 5.69 Å². The third-order valence-electron chi connectivity index (χ3n) is 7.41. The molecule has 2 atom stereocenters. The van der Waals surface area contributed by atoms with Crippen molar-refractivity contribution in [2.24, 2.45) is 5.41 Å². The van der Waals surface area contributed by atoms with Gasteiger partial charge in [-0.1, -0.05) is 58.2 Å². The lowest BCUT2D eigenvalue weighted by atomic mass is 9.72. The number of para-hydroxylation sites is 1. The Hall–Kier alpha value is -2.43. The average molecular weight is 440 g/mol. The first-order chi connectivity index (χ1) is 15.2. The number of hydrogen-bond acceptors (Lipinski definition) is 5. The molecule has 3 aliphatic rings. The fourth-order valence-electron chi connectivity index (χ4n) is 5.84. The smallest absolute Gasteiger partial charge is 0.266 e. The highest BCUT2D eigenvalue weighted by atomic mass is 16.5. The largest absolute Gasteiger partial charge is 0.504 e. The van der Waals surface area contributed by atoms with Gasteiger partial charge in [0.1, 0.15) is 0 Å². The molecule has 1 saturated carbocycles. The van der Waals surface area contributed by atoms with Crippen LogP contribution in [-0.4, -0.2) is 34.7 Å². The van der Waals surface area contributed by atoms with E-state index in [0.29, 0.717) is 24.1 Å². The van der Waals surface area contributed by atoms with Crippen LogP contribution in [0.3, 0.4) is 0 Å². The molecule has 0 bridgehead atoms. The van der Waals surface area contributed by atoms with E-state index in [2.05, 4.69) is 49.9 Å². The Balaban J connectivity index is 1.73. The van der Waals surface area contributed by atoms with E-state index < -0.39 is 5.78 Å². The summed E-state index contributed by atoms with van der Waals surface area (Å²) in [6.45, 7) is 8.94. The maximum Gasteiger partial charge on any atom is 0.266 e. The fraction of sp³-hybridized carbons (Fsp3) is 0.593.